The number of aromatic nitrogens is 2. The van der Waals surface area contributed by atoms with Crippen LogP contribution in [-0.2, 0) is 0 Å². The molecule has 3 aromatic rings. The average Bonchev–Trinajstić information content (AvgIpc) is 3.02. The monoisotopic (exact) mass is 319 g/mol. The minimum Gasteiger partial charge on any atom is -0.478 e. The van der Waals surface area contributed by atoms with Crippen molar-refractivity contribution >= 4 is 49.9 Å². The first kappa shape index (κ1) is 13.7. The molecule has 8 heteroatoms. The van der Waals surface area contributed by atoms with Gasteiger partial charge in [0.05, 0.1) is 27.0 Å². The lowest BCUT2D eigenvalue weighted by molar-refractivity contribution is 0.0697. The number of carbonyl (C=O) groups excluding carboxylic acids is 1. The summed E-state index contributed by atoms with van der Waals surface area (Å²) in [5.41, 5.74) is 3.14. The summed E-state index contributed by atoms with van der Waals surface area (Å²) >= 11 is 2.50. The van der Waals surface area contributed by atoms with Crippen molar-refractivity contribution < 1.29 is 14.7 Å². The predicted molar refractivity (Wildman–Crippen MR) is 81.4 cm³/mol. The summed E-state index contributed by atoms with van der Waals surface area (Å²) in [4.78, 5) is 31.9. The molecule has 0 fully saturated rings. The first-order valence-corrected chi connectivity index (χ1v) is 7.59. The molecular weight excluding hydrogens is 310 g/mol. The van der Waals surface area contributed by atoms with E-state index in [0.29, 0.717) is 25.9 Å². The third-order valence-electron chi connectivity index (χ3n) is 2.81. The molecule has 0 aliphatic heterocycles. The fourth-order valence-corrected chi connectivity index (χ4v) is 3.38. The van der Waals surface area contributed by atoms with Crippen LogP contribution >= 0.6 is 22.7 Å². The number of rotatable bonds is 3. The topological polar surface area (TPSA) is 92.2 Å². The van der Waals surface area contributed by atoms with Crippen molar-refractivity contribution in [2.24, 2.45) is 0 Å². The van der Waals surface area contributed by atoms with Crippen molar-refractivity contribution in [3.8, 4) is 0 Å². The summed E-state index contributed by atoms with van der Waals surface area (Å²) < 4.78 is 0.714. The lowest BCUT2D eigenvalue weighted by Gasteiger charge is -1.98. The smallest absolute Gasteiger partial charge is 0.335 e. The van der Waals surface area contributed by atoms with Crippen LogP contribution in [0, 0.1) is 6.92 Å². The molecule has 0 saturated carbocycles. The van der Waals surface area contributed by atoms with E-state index < -0.39 is 5.97 Å². The van der Waals surface area contributed by atoms with Crippen molar-refractivity contribution in [2.75, 3.05) is 5.32 Å². The van der Waals surface area contributed by atoms with Gasteiger partial charge in [-0.05, 0) is 25.1 Å². The van der Waals surface area contributed by atoms with Crippen LogP contribution in [0.2, 0.25) is 0 Å². The number of carboxylic acid groups (broad SMARTS) is 1. The van der Waals surface area contributed by atoms with E-state index >= 15 is 0 Å². The molecule has 6 nitrogen and oxygen atoms in total. The van der Waals surface area contributed by atoms with Crippen LogP contribution < -0.4 is 5.32 Å². The Labute approximate surface area is 127 Å². The summed E-state index contributed by atoms with van der Waals surface area (Å²) in [7, 11) is 0. The Morgan fingerprint density at radius 3 is 2.81 bits per heavy atom. The van der Waals surface area contributed by atoms with Gasteiger partial charge >= 0.3 is 5.97 Å². The maximum atomic E-state index is 12.1. The molecule has 0 bridgehead atoms. The van der Waals surface area contributed by atoms with E-state index in [1.165, 1.54) is 28.7 Å². The van der Waals surface area contributed by atoms with Crippen molar-refractivity contribution in [3.05, 3.63) is 39.8 Å². The molecule has 0 unspecified atom stereocenters. The van der Waals surface area contributed by atoms with E-state index in [2.05, 4.69) is 15.3 Å². The fraction of sp³-hybridized carbons (Fsp3) is 0.0769. The number of hydrogen-bond acceptors (Lipinski definition) is 6. The minimum absolute atomic E-state index is 0.197. The van der Waals surface area contributed by atoms with Crippen LogP contribution in [0.3, 0.4) is 0 Å². The van der Waals surface area contributed by atoms with Gasteiger partial charge in [-0.25, -0.2) is 14.8 Å². The van der Waals surface area contributed by atoms with Crippen LogP contribution in [0.4, 0.5) is 5.13 Å². The molecule has 2 N–H and O–H groups in total. The van der Waals surface area contributed by atoms with Crippen molar-refractivity contribution in [3.63, 3.8) is 0 Å². The van der Waals surface area contributed by atoms with Crippen LogP contribution in [-0.4, -0.2) is 27.0 Å². The van der Waals surface area contributed by atoms with E-state index in [1.807, 2.05) is 0 Å². The number of fused-ring (bicyclic) bond motifs is 1. The standard InChI is InChI=1S/C13H9N3O3S2/c1-6-10(20-5-14-6)11(17)16-13-15-8-3-2-7(12(18)19)4-9(8)21-13/h2-5H,1H3,(H,18,19)(H,15,16,17). The van der Waals surface area contributed by atoms with Crippen LogP contribution in [0.15, 0.2) is 23.7 Å². The maximum absolute atomic E-state index is 12.1. The zero-order valence-electron chi connectivity index (χ0n) is 10.8. The predicted octanol–water partition coefficient (Wildman–Crippen LogP) is 3.01. The Hall–Kier alpha value is -2.32. The highest BCUT2D eigenvalue weighted by molar-refractivity contribution is 7.22. The molecule has 2 aromatic heterocycles. The van der Waals surface area contributed by atoms with E-state index in [-0.39, 0.29) is 11.5 Å². The lowest BCUT2D eigenvalue weighted by atomic mass is 10.2. The van der Waals surface area contributed by atoms with Crippen LogP contribution in [0.25, 0.3) is 10.2 Å². The number of amides is 1. The quantitative estimate of drug-likeness (QED) is 0.774. The highest BCUT2D eigenvalue weighted by Crippen LogP contribution is 2.27. The van der Waals surface area contributed by atoms with Gasteiger partial charge in [0.25, 0.3) is 5.91 Å². The molecular formula is C13H9N3O3S2. The van der Waals surface area contributed by atoms with Gasteiger partial charge < -0.3 is 5.11 Å². The van der Waals surface area contributed by atoms with Gasteiger partial charge in [0.15, 0.2) is 5.13 Å². The van der Waals surface area contributed by atoms with Gasteiger partial charge in [-0.15, -0.1) is 11.3 Å². The highest BCUT2D eigenvalue weighted by atomic mass is 32.1. The van der Waals surface area contributed by atoms with Crippen LogP contribution in [0.1, 0.15) is 25.7 Å². The van der Waals surface area contributed by atoms with Gasteiger partial charge in [0.2, 0.25) is 0 Å². The molecule has 0 aliphatic carbocycles. The number of thiazole rings is 2. The molecule has 0 spiro atoms. The number of nitrogens with one attached hydrogen (secondary N) is 1. The molecule has 0 saturated heterocycles. The first-order valence-electron chi connectivity index (χ1n) is 5.90. The van der Waals surface area contributed by atoms with Gasteiger partial charge in [-0.1, -0.05) is 11.3 Å². The average molecular weight is 319 g/mol. The van der Waals surface area contributed by atoms with Gasteiger partial charge in [-0.3, -0.25) is 10.1 Å². The third-order valence-corrected chi connectivity index (χ3v) is 4.67. The molecule has 1 aromatic carbocycles. The minimum atomic E-state index is -0.990. The lowest BCUT2D eigenvalue weighted by Crippen LogP contribution is -2.11. The fourth-order valence-electron chi connectivity index (χ4n) is 1.78. The number of nitrogens with zero attached hydrogens (tertiary/aromatic N) is 2. The molecule has 2 heterocycles. The van der Waals surface area contributed by atoms with Crippen molar-refractivity contribution in [2.45, 2.75) is 6.92 Å². The summed E-state index contributed by atoms with van der Waals surface area (Å²) in [6.07, 6.45) is 0. The summed E-state index contributed by atoms with van der Waals surface area (Å²) in [6.45, 7) is 1.77. The Bertz CT molecular complexity index is 853. The number of carboxylic acids is 1. The second-order valence-electron chi connectivity index (χ2n) is 4.23. The number of aromatic carboxylic acids is 1. The van der Waals surface area contributed by atoms with Gasteiger partial charge in [0.1, 0.15) is 4.88 Å². The normalized spacial score (nSPS) is 10.7. The molecule has 0 atom stereocenters. The highest BCUT2D eigenvalue weighted by Gasteiger charge is 2.14. The second-order valence-corrected chi connectivity index (χ2v) is 6.11. The Morgan fingerprint density at radius 2 is 2.14 bits per heavy atom. The zero-order chi connectivity index (χ0) is 15.0. The SMILES string of the molecule is Cc1ncsc1C(=O)Nc1nc2ccc(C(=O)O)cc2s1. The van der Waals surface area contributed by atoms with Crippen molar-refractivity contribution in [1.29, 1.82) is 0 Å². The molecule has 106 valence electrons. The first-order chi connectivity index (χ1) is 10.0. The zero-order valence-corrected chi connectivity index (χ0v) is 12.4. The Balaban J connectivity index is 1.89. The van der Waals surface area contributed by atoms with Crippen LogP contribution in [0.5, 0.6) is 0 Å². The molecule has 1 amide bonds. The van der Waals surface area contributed by atoms with Crippen molar-refractivity contribution in [1.82, 2.24) is 9.97 Å². The Kier molecular flexibility index (Phi) is 3.40. The van der Waals surface area contributed by atoms with Gasteiger partial charge in [-0.2, -0.15) is 0 Å². The summed E-state index contributed by atoms with van der Waals surface area (Å²) in [5.74, 6) is -1.25. The number of aryl methyl sites for hydroxylation is 1. The van der Waals surface area contributed by atoms with E-state index in [4.69, 9.17) is 5.11 Å². The van der Waals surface area contributed by atoms with E-state index in [9.17, 15) is 9.59 Å². The molecule has 21 heavy (non-hydrogen) atoms. The van der Waals surface area contributed by atoms with E-state index in [1.54, 1.807) is 24.6 Å². The number of benzene rings is 1. The summed E-state index contributed by atoms with van der Waals surface area (Å²) in [6, 6.07) is 4.66. The molecule has 0 radical (unpaired) electrons. The summed E-state index contributed by atoms with van der Waals surface area (Å²) in [5, 5.41) is 12.1. The number of anilines is 1. The van der Waals surface area contributed by atoms with Gasteiger partial charge in [0, 0.05) is 0 Å². The molecule has 0 aliphatic rings. The largest absolute Gasteiger partial charge is 0.478 e. The Morgan fingerprint density at radius 1 is 1.33 bits per heavy atom. The molecule has 3 rings (SSSR count). The van der Waals surface area contributed by atoms with E-state index in [0.717, 1.165) is 0 Å². The third kappa shape index (κ3) is 2.63. The second kappa shape index (κ2) is 5.23. The maximum Gasteiger partial charge on any atom is 0.335 e. The number of hydrogen-bond donors (Lipinski definition) is 2. The number of carbonyl (C=O) groups is 2.